The summed E-state index contributed by atoms with van der Waals surface area (Å²) in [6, 6.07) is -0.450. The molecule has 2 N–H and O–H groups in total. The van der Waals surface area contributed by atoms with Crippen LogP contribution in [0.15, 0.2) is 0 Å². The second-order valence-electron chi connectivity index (χ2n) is 2.34. The molecule has 70 valence electrons. The van der Waals surface area contributed by atoms with E-state index in [-0.39, 0.29) is 18.9 Å². The maximum Gasteiger partial charge on any atom is 0.322 e. The first-order valence-electron chi connectivity index (χ1n) is 3.61. The summed E-state index contributed by atoms with van der Waals surface area (Å²) in [6.45, 7) is 1.89. The molecule has 0 aromatic rings. The fraction of sp³-hybridized carbons (Fsp3) is 0.714. The Labute approximate surface area is 70.7 Å². The molecule has 0 bridgehead atoms. The van der Waals surface area contributed by atoms with Crippen molar-refractivity contribution >= 4 is 11.9 Å². The topological polar surface area (TPSA) is 75.6 Å². The van der Waals surface area contributed by atoms with Crippen LogP contribution in [0.3, 0.4) is 0 Å². The summed E-state index contributed by atoms with van der Waals surface area (Å²) in [7, 11) is 1.29. The monoisotopic (exact) mass is 175 g/mol. The molecule has 1 atom stereocenters. The number of carbonyl (C=O) groups excluding carboxylic acids is 1. The van der Waals surface area contributed by atoms with Crippen LogP contribution >= 0.6 is 0 Å². The van der Waals surface area contributed by atoms with Crippen LogP contribution in [0, 0.1) is 0 Å². The minimum absolute atomic E-state index is 0.00132. The lowest BCUT2D eigenvalue weighted by atomic mass is 10.3. The highest BCUT2D eigenvalue weighted by molar-refractivity contribution is 5.75. The number of carboxylic acid groups (broad SMARTS) is 1. The Morgan fingerprint density at radius 1 is 1.58 bits per heavy atom. The highest BCUT2D eigenvalue weighted by Crippen LogP contribution is 1.86. The molecule has 0 amide bonds. The van der Waals surface area contributed by atoms with E-state index < -0.39 is 12.0 Å². The van der Waals surface area contributed by atoms with Crippen molar-refractivity contribution in [3.05, 3.63) is 0 Å². The minimum atomic E-state index is -0.889. The zero-order valence-electron chi connectivity index (χ0n) is 7.16. The van der Waals surface area contributed by atoms with Gasteiger partial charge in [0, 0.05) is 6.54 Å². The van der Waals surface area contributed by atoms with Gasteiger partial charge in [0.05, 0.1) is 13.5 Å². The number of esters is 1. The molecule has 0 radical (unpaired) electrons. The van der Waals surface area contributed by atoms with Crippen LogP contribution in [-0.2, 0) is 14.3 Å². The van der Waals surface area contributed by atoms with Gasteiger partial charge in [-0.2, -0.15) is 0 Å². The molecule has 5 nitrogen and oxygen atoms in total. The molecule has 0 aromatic heterocycles. The van der Waals surface area contributed by atoms with Gasteiger partial charge >= 0.3 is 11.9 Å². The molecule has 0 aliphatic rings. The van der Waals surface area contributed by atoms with E-state index in [9.17, 15) is 9.59 Å². The Kier molecular flexibility index (Phi) is 5.03. The van der Waals surface area contributed by atoms with Gasteiger partial charge in [-0.1, -0.05) is 0 Å². The highest BCUT2D eigenvalue weighted by atomic mass is 16.5. The summed E-state index contributed by atoms with van der Waals surface area (Å²) in [6.07, 6.45) is 0.00132. The molecule has 0 rings (SSSR count). The molecule has 0 aromatic carbocycles. The fourth-order valence-electron chi connectivity index (χ4n) is 0.656. The number of carbonyl (C=O) groups is 2. The number of hydrogen-bond donors (Lipinski definition) is 2. The number of hydrogen-bond acceptors (Lipinski definition) is 4. The Bertz CT molecular complexity index is 169. The van der Waals surface area contributed by atoms with Gasteiger partial charge in [0.15, 0.2) is 0 Å². The Morgan fingerprint density at radius 2 is 2.17 bits per heavy atom. The van der Waals surface area contributed by atoms with Crippen LogP contribution in [0.1, 0.15) is 13.3 Å². The van der Waals surface area contributed by atoms with E-state index in [1.165, 1.54) is 7.11 Å². The first-order chi connectivity index (χ1) is 5.57. The lowest BCUT2D eigenvalue weighted by molar-refractivity contribution is -0.143. The lowest BCUT2D eigenvalue weighted by Crippen LogP contribution is -2.36. The number of rotatable bonds is 5. The van der Waals surface area contributed by atoms with Crippen molar-refractivity contribution in [1.29, 1.82) is 0 Å². The summed E-state index contributed by atoms with van der Waals surface area (Å²) in [5.41, 5.74) is 0. The Morgan fingerprint density at radius 3 is 2.58 bits per heavy atom. The quantitative estimate of drug-likeness (QED) is 0.557. The molecule has 0 heterocycles. The minimum Gasteiger partial charge on any atom is -0.481 e. The van der Waals surface area contributed by atoms with E-state index >= 15 is 0 Å². The van der Waals surface area contributed by atoms with Crippen molar-refractivity contribution in [1.82, 2.24) is 5.32 Å². The maximum atomic E-state index is 10.8. The van der Waals surface area contributed by atoms with Crippen molar-refractivity contribution in [2.24, 2.45) is 0 Å². The Balaban J connectivity index is 3.50. The van der Waals surface area contributed by atoms with Crippen molar-refractivity contribution in [3.8, 4) is 0 Å². The van der Waals surface area contributed by atoms with Crippen LogP contribution < -0.4 is 5.32 Å². The zero-order chi connectivity index (χ0) is 9.56. The third-order valence-electron chi connectivity index (χ3n) is 1.34. The fourth-order valence-corrected chi connectivity index (χ4v) is 0.656. The molecule has 0 saturated carbocycles. The summed E-state index contributed by atoms with van der Waals surface area (Å²) >= 11 is 0. The molecule has 0 spiro atoms. The van der Waals surface area contributed by atoms with Crippen LogP contribution in [0.25, 0.3) is 0 Å². The number of aliphatic carboxylic acids is 1. The first-order valence-corrected chi connectivity index (χ1v) is 3.61. The number of nitrogens with one attached hydrogen (secondary N) is 1. The summed E-state index contributed by atoms with van der Waals surface area (Å²) in [5.74, 6) is -1.28. The van der Waals surface area contributed by atoms with Gasteiger partial charge in [-0.05, 0) is 6.92 Å². The van der Waals surface area contributed by atoms with Gasteiger partial charge in [-0.3, -0.25) is 9.59 Å². The van der Waals surface area contributed by atoms with E-state index in [0.29, 0.717) is 0 Å². The van der Waals surface area contributed by atoms with Gasteiger partial charge < -0.3 is 15.2 Å². The number of methoxy groups -OCH3 is 1. The van der Waals surface area contributed by atoms with Crippen molar-refractivity contribution < 1.29 is 19.4 Å². The van der Waals surface area contributed by atoms with Gasteiger partial charge in [0.25, 0.3) is 0 Å². The highest BCUT2D eigenvalue weighted by Gasteiger charge is 2.11. The van der Waals surface area contributed by atoms with E-state index in [1.54, 1.807) is 6.92 Å². The summed E-state index contributed by atoms with van der Waals surface area (Å²) in [5, 5.41) is 11.0. The summed E-state index contributed by atoms with van der Waals surface area (Å²) in [4.78, 5) is 20.8. The van der Waals surface area contributed by atoms with Gasteiger partial charge in [0.2, 0.25) is 0 Å². The standard InChI is InChI=1S/C7H13NO4/c1-5(7(11)12-2)8-4-3-6(9)10/h5,8H,3-4H2,1-2H3,(H,9,10)/t5-/m0/s1. The van der Waals surface area contributed by atoms with Crippen LogP contribution in [0.4, 0.5) is 0 Å². The SMILES string of the molecule is COC(=O)[C@H](C)NCCC(=O)O. The van der Waals surface area contributed by atoms with Gasteiger partial charge in [0.1, 0.15) is 6.04 Å². The van der Waals surface area contributed by atoms with Crippen molar-refractivity contribution in [3.63, 3.8) is 0 Å². The third-order valence-corrected chi connectivity index (χ3v) is 1.34. The predicted octanol–water partition coefficient (Wildman–Crippen LogP) is -0.388. The lowest BCUT2D eigenvalue weighted by Gasteiger charge is -2.09. The predicted molar refractivity (Wildman–Crippen MR) is 41.7 cm³/mol. The molecule has 0 unspecified atom stereocenters. The smallest absolute Gasteiger partial charge is 0.322 e. The zero-order valence-corrected chi connectivity index (χ0v) is 7.16. The normalized spacial score (nSPS) is 12.2. The van der Waals surface area contributed by atoms with Crippen molar-refractivity contribution in [2.75, 3.05) is 13.7 Å². The molecule has 0 fully saturated rings. The van der Waals surface area contributed by atoms with Crippen molar-refractivity contribution in [2.45, 2.75) is 19.4 Å². The third kappa shape index (κ3) is 4.68. The van der Waals surface area contributed by atoms with Crippen LogP contribution in [0.2, 0.25) is 0 Å². The molecular formula is C7H13NO4. The molecule has 0 aliphatic heterocycles. The van der Waals surface area contributed by atoms with E-state index in [2.05, 4.69) is 10.1 Å². The van der Waals surface area contributed by atoms with Gasteiger partial charge in [-0.15, -0.1) is 0 Å². The van der Waals surface area contributed by atoms with E-state index in [1.807, 2.05) is 0 Å². The first kappa shape index (κ1) is 10.9. The molecule has 0 aliphatic carbocycles. The molecular weight excluding hydrogens is 162 g/mol. The maximum absolute atomic E-state index is 10.8. The molecule has 0 saturated heterocycles. The number of carboxylic acids is 1. The van der Waals surface area contributed by atoms with Crippen LogP contribution in [-0.4, -0.2) is 36.7 Å². The average Bonchev–Trinajstić information content (AvgIpc) is 2.02. The summed E-state index contributed by atoms with van der Waals surface area (Å²) < 4.78 is 4.42. The average molecular weight is 175 g/mol. The number of ether oxygens (including phenoxy) is 1. The van der Waals surface area contributed by atoms with E-state index in [4.69, 9.17) is 5.11 Å². The second kappa shape index (κ2) is 5.54. The molecule has 5 heteroatoms. The second-order valence-corrected chi connectivity index (χ2v) is 2.34. The van der Waals surface area contributed by atoms with Gasteiger partial charge in [-0.25, -0.2) is 0 Å². The largest absolute Gasteiger partial charge is 0.481 e. The Hall–Kier alpha value is -1.10. The van der Waals surface area contributed by atoms with Crippen LogP contribution in [0.5, 0.6) is 0 Å². The van der Waals surface area contributed by atoms with E-state index in [0.717, 1.165) is 0 Å². The molecule has 12 heavy (non-hydrogen) atoms.